The minimum Gasteiger partial charge on any atom is -0.463 e. The molecule has 3 saturated heterocycles. The van der Waals surface area contributed by atoms with Gasteiger partial charge in [-0.25, -0.2) is 8.78 Å². The molecule has 1 saturated carbocycles. The van der Waals surface area contributed by atoms with Crippen LogP contribution in [-0.2, 0) is 10.9 Å². The molecular formula is C32H29F5N6O2S. The smallest absolute Gasteiger partial charge is 0.417 e. The zero-order chi connectivity index (χ0) is 32.2. The molecule has 2 aromatic heterocycles. The van der Waals surface area contributed by atoms with E-state index in [1.54, 1.807) is 0 Å². The fourth-order valence-corrected chi connectivity index (χ4v) is 9.11. The second-order valence-corrected chi connectivity index (χ2v) is 14.6. The average molecular weight is 657 g/mol. The minimum absolute atomic E-state index is 0.0769. The number of piperazine rings is 1. The number of benzene rings is 2. The Kier molecular flexibility index (Phi) is 6.50. The third-order valence-electron chi connectivity index (χ3n) is 9.88. The first-order valence-electron chi connectivity index (χ1n) is 15.1. The number of rotatable bonds is 5. The van der Waals surface area contributed by atoms with E-state index in [1.807, 2.05) is 11.0 Å². The molecule has 46 heavy (non-hydrogen) atoms. The molecule has 4 fully saturated rings. The number of nitriles is 1. The molecule has 3 aliphatic heterocycles. The Bertz CT molecular complexity index is 1950. The zero-order valence-electron chi connectivity index (χ0n) is 24.7. The first-order valence-corrected chi connectivity index (χ1v) is 15.9. The third-order valence-corrected chi connectivity index (χ3v) is 10.9. The van der Waals surface area contributed by atoms with Gasteiger partial charge in [0.2, 0.25) is 0 Å². The molecule has 2 aromatic carbocycles. The molecule has 0 amide bonds. The highest BCUT2D eigenvalue weighted by atomic mass is 32.1. The van der Waals surface area contributed by atoms with E-state index in [9.17, 15) is 22.8 Å². The van der Waals surface area contributed by atoms with E-state index in [4.69, 9.17) is 15.2 Å². The third kappa shape index (κ3) is 4.57. The lowest BCUT2D eigenvalue weighted by atomic mass is 9.53. The number of halogens is 5. The molecule has 1 spiro atoms. The van der Waals surface area contributed by atoms with Crippen molar-refractivity contribution < 1.29 is 31.4 Å². The molecular weight excluding hydrogens is 627 g/mol. The number of anilines is 2. The van der Waals surface area contributed by atoms with Crippen LogP contribution in [0.15, 0.2) is 18.2 Å². The molecule has 3 N–H and O–H groups in total. The highest BCUT2D eigenvalue weighted by Crippen LogP contribution is 2.58. The van der Waals surface area contributed by atoms with E-state index in [1.165, 1.54) is 0 Å². The maximum absolute atomic E-state index is 16.9. The number of nitrogen functional groups attached to an aromatic ring is 1. The van der Waals surface area contributed by atoms with Crippen molar-refractivity contribution in [1.82, 2.24) is 15.3 Å². The van der Waals surface area contributed by atoms with E-state index in [2.05, 4.69) is 22.2 Å². The summed E-state index contributed by atoms with van der Waals surface area (Å²) in [5, 5.41) is 12.9. The van der Waals surface area contributed by atoms with Crippen LogP contribution >= 0.6 is 11.3 Å². The molecule has 8 nitrogen and oxygen atoms in total. The summed E-state index contributed by atoms with van der Waals surface area (Å²) in [6.45, 7) is 4.70. The van der Waals surface area contributed by atoms with E-state index in [0.29, 0.717) is 26.3 Å². The summed E-state index contributed by atoms with van der Waals surface area (Å²) in [6.07, 6.45) is -1.42. The van der Waals surface area contributed by atoms with Crippen LogP contribution < -0.4 is 20.7 Å². The lowest BCUT2D eigenvalue weighted by molar-refractivity contribution is -0.213. The number of aromatic nitrogens is 2. The number of hydrogen-bond acceptors (Lipinski definition) is 9. The molecule has 2 atom stereocenters. The van der Waals surface area contributed by atoms with Gasteiger partial charge in [-0.3, -0.25) is 0 Å². The van der Waals surface area contributed by atoms with Crippen LogP contribution in [0.4, 0.5) is 32.8 Å². The Hall–Kier alpha value is -3.80. The van der Waals surface area contributed by atoms with Gasteiger partial charge in [-0.2, -0.15) is 28.4 Å². The second kappa shape index (κ2) is 10.1. The van der Waals surface area contributed by atoms with E-state index < -0.39 is 28.9 Å². The molecule has 5 heterocycles. The lowest BCUT2D eigenvalue weighted by Gasteiger charge is -2.58. The lowest BCUT2D eigenvalue weighted by Crippen LogP contribution is -2.58. The van der Waals surface area contributed by atoms with Crippen LogP contribution in [0.3, 0.4) is 0 Å². The summed E-state index contributed by atoms with van der Waals surface area (Å²) in [4.78, 5) is 10.9. The molecule has 1 aliphatic carbocycles. The average Bonchev–Trinajstić information content (AvgIpc) is 3.50. The van der Waals surface area contributed by atoms with Crippen LogP contribution in [0, 0.1) is 33.8 Å². The van der Waals surface area contributed by atoms with Crippen molar-refractivity contribution in [2.45, 2.75) is 50.9 Å². The summed E-state index contributed by atoms with van der Waals surface area (Å²) in [7, 11) is 0. The van der Waals surface area contributed by atoms with Gasteiger partial charge in [-0.1, -0.05) is 13.0 Å². The normalized spacial score (nSPS) is 23.0. The van der Waals surface area contributed by atoms with Crippen LogP contribution in [0.1, 0.15) is 43.7 Å². The fraction of sp³-hybridized carbons (Fsp3) is 0.469. The van der Waals surface area contributed by atoms with Crippen molar-refractivity contribution in [3.8, 4) is 23.2 Å². The van der Waals surface area contributed by atoms with Crippen LogP contribution in [0.2, 0.25) is 0 Å². The summed E-state index contributed by atoms with van der Waals surface area (Å²) in [5.74, 6) is -1.88. The maximum atomic E-state index is 16.9. The number of hydrogen-bond donors (Lipinski definition) is 2. The van der Waals surface area contributed by atoms with Crippen molar-refractivity contribution >= 4 is 43.1 Å². The monoisotopic (exact) mass is 656 g/mol. The molecule has 0 radical (unpaired) electrons. The highest BCUT2D eigenvalue weighted by Gasteiger charge is 2.56. The molecule has 4 aliphatic rings. The SMILES string of the molecule is CC1(COc2nc(N3CC4CCC(C3)N4)c3cc(C(F)(F)F)c(-c4ccc(F)c5sc(N)c(C#N)c45)c(F)c3n2)CC2(COC2)C1. The first kappa shape index (κ1) is 29.6. The Morgan fingerprint density at radius 1 is 1.17 bits per heavy atom. The number of alkyl halides is 3. The van der Waals surface area contributed by atoms with Gasteiger partial charge in [-0.05, 0) is 43.4 Å². The van der Waals surface area contributed by atoms with Gasteiger partial charge >= 0.3 is 12.2 Å². The maximum Gasteiger partial charge on any atom is 0.417 e. The van der Waals surface area contributed by atoms with Crippen molar-refractivity contribution in [3.05, 3.63) is 41.0 Å². The van der Waals surface area contributed by atoms with E-state index >= 15 is 4.39 Å². The first-order chi connectivity index (χ1) is 21.9. The largest absolute Gasteiger partial charge is 0.463 e. The van der Waals surface area contributed by atoms with Crippen molar-refractivity contribution in [3.63, 3.8) is 0 Å². The number of nitrogens with two attached hydrogens (primary N) is 1. The number of nitrogens with zero attached hydrogens (tertiary/aromatic N) is 4. The predicted molar refractivity (Wildman–Crippen MR) is 163 cm³/mol. The molecule has 14 heteroatoms. The fourth-order valence-electron chi connectivity index (χ4n) is 8.16. The minimum atomic E-state index is -5.02. The topological polar surface area (TPSA) is 109 Å². The van der Waals surface area contributed by atoms with Gasteiger partial charge in [0.05, 0.1) is 35.6 Å². The number of thiophene rings is 1. The van der Waals surface area contributed by atoms with Crippen LogP contribution in [0.5, 0.6) is 6.01 Å². The number of ether oxygens (including phenoxy) is 2. The van der Waals surface area contributed by atoms with Crippen molar-refractivity contribution in [1.29, 1.82) is 5.26 Å². The standard InChI is InChI=1S/C32H29F5N6O2S/c1-30(10-31(11-30)13-44-14-31)12-45-29-41-25-18(28(42-29)43-8-15-2-3-16(9-43)40-15)6-20(32(35,36)37)23(24(25)34)17-4-5-21(33)26-22(17)19(7-38)27(39)46-26/h4-6,15-16,40H,2-3,8-14,39H2,1H3. The van der Waals surface area contributed by atoms with E-state index in [0.717, 1.165) is 55.2 Å². The highest BCUT2D eigenvalue weighted by molar-refractivity contribution is 7.23. The quantitative estimate of drug-likeness (QED) is 0.238. The van der Waals surface area contributed by atoms with Gasteiger partial charge in [0.1, 0.15) is 28.2 Å². The summed E-state index contributed by atoms with van der Waals surface area (Å²) >= 11 is 0.724. The van der Waals surface area contributed by atoms with Gasteiger partial charge < -0.3 is 25.4 Å². The van der Waals surface area contributed by atoms with Gasteiger partial charge in [0.25, 0.3) is 0 Å². The van der Waals surface area contributed by atoms with Gasteiger partial charge in [-0.15, -0.1) is 11.3 Å². The number of fused-ring (bicyclic) bond motifs is 4. The van der Waals surface area contributed by atoms with E-state index in [-0.39, 0.29) is 78.5 Å². The summed E-state index contributed by atoms with van der Waals surface area (Å²) in [5.41, 5.74) is 2.95. The Labute approximate surface area is 264 Å². The van der Waals surface area contributed by atoms with Gasteiger partial charge in [0, 0.05) is 52.3 Å². The number of nitrogens with one attached hydrogen (secondary N) is 1. The molecule has 2 unspecified atom stereocenters. The Balaban J connectivity index is 1.32. The Morgan fingerprint density at radius 3 is 2.52 bits per heavy atom. The summed E-state index contributed by atoms with van der Waals surface area (Å²) < 4.78 is 87.7. The molecule has 4 aromatic rings. The predicted octanol–water partition coefficient (Wildman–Crippen LogP) is 6.40. The molecule has 240 valence electrons. The van der Waals surface area contributed by atoms with Crippen LogP contribution in [-0.4, -0.2) is 55.0 Å². The summed E-state index contributed by atoms with van der Waals surface area (Å²) in [6, 6.07) is 4.82. The zero-order valence-corrected chi connectivity index (χ0v) is 25.5. The van der Waals surface area contributed by atoms with Crippen molar-refractivity contribution in [2.75, 3.05) is 43.5 Å². The Morgan fingerprint density at radius 2 is 1.89 bits per heavy atom. The molecule has 2 bridgehead atoms. The van der Waals surface area contributed by atoms with Gasteiger partial charge in [0.15, 0.2) is 5.82 Å². The van der Waals surface area contributed by atoms with Crippen molar-refractivity contribution in [2.24, 2.45) is 10.8 Å². The molecule has 8 rings (SSSR count). The second-order valence-electron chi connectivity index (χ2n) is 13.6. The van der Waals surface area contributed by atoms with Crippen LogP contribution in [0.25, 0.3) is 32.1 Å².